The molecule has 2 aromatic rings. The highest BCUT2D eigenvalue weighted by atomic mass is 16.1. The topological polar surface area (TPSA) is 80.0 Å². The number of carbonyl (C=O) groups is 1. The highest BCUT2D eigenvalue weighted by Gasteiger charge is 2.18. The van der Waals surface area contributed by atoms with Gasteiger partial charge in [0.1, 0.15) is 0 Å². The quantitative estimate of drug-likeness (QED) is 0.711. The highest BCUT2D eigenvalue weighted by molar-refractivity contribution is 6.00. The van der Waals surface area contributed by atoms with Gasteiger partial charge in [-0.3, -0.25) is 9.78 Å². The minimum atomic E-state index is 0.129. The van der Waals surface area contributed by atoms with E-state index in [1.54, 1.807) is 12.4 Å². The van der Waals surface area contributed by atoms with Crippen molar-refractivity contribution in [3.63, 3.8) is 0 Å². The Morgan fingerprint density at radius 3 is 3.00 bits per heavy atom. The molecule has 1 aromatic carbocycles. The Morgan fingerprint density at radius 2 is 2.21 bits per heavy atom. The number of nitrogens with one attached hydrogen (secondary N) is 2. The molecule has 19 heavy (non-hydrogen) atoms. The number of anilines is 2. The fourth-order valence-corrected chi connectivity index (χ4v) is 2.41. The largest absolute Gasteiger partial charge is 0.398 e. The molecule has 1 aliphatic rings. The third kappa shape index (κ3) is 2.31. The number of rotatable bonds is 2. The third-order valence-electron chi connectivity index (χ3n) is 3.48. The van der Waals surface area contributed by atoms with Crippen LogP contribution in [0.4, 0.5) is 11.4 Å². The second-order valence-corrected chi connectivity index (χ2v) is 4.81. The summed E-state index contributed by atoms with van der Waals surface area (Å²) in [6.45, 7) is 0.662. The lowest BCUT2D eigenvalue weighted by Gasteiger charge is -2.25. The number of fused-ring (bicyclic) bond motifs is 1. The molecule has 0 radical (unpaired) electrons. The molecule has 5 nitrogen and oxygen atoms in total. The first-order valence-corrected chi connectivity index (χ1v) is 6.39. The van der Waals surface area contributed by atoms with Gasteiger partial charge in [-0.25, -0.2) is 0 Å². The smallest absolute Gasteiger partial charge is 0.220 e. The van der Waals surface area contributed by atoms with E-state index in [1.165, 1.54) is 0 Å². The average Bonchev–Trinajstić information content (AvgIpc) is 2.45. The van der Waals surface area contributed by atoms with Gasteiger partial charge in [0.25, 0.3) is 0 Å². The number of nitrogens with zero attached hydrogens (tertiary/aromatic N) is 1. The Bertz CT molecular complexity index is 616. The summed E-state index contributed by atoms with van der Waals surface area (Å²) in [6, 6.07) is 6.08. The van der Waals surface area contributed by atoms with Gasteiger partial charge >= 0.3 is 0 Å². The number of piperidine rings is 1. The van der Waals surface area contributed by atoms with Crippen LogP contribution in [0, 0.1) is 0 Å². The van der Waals surface area contributed by atoms with Gasteiger partial charge in [-0.15, -0.1) is 0 Å². The lowest BCUT2D eigenvalue weighted by molar-refractivity contribution is -0.122. The molecule has 0 bridgehead atoms. The van der Waals surface area contributed by atoms with Crippen LogP contribution in [0.25, 0.3) is 10.8 Å². The summed E-state index contributed by atoms with van der Waals surface area (Å²) in [5.74, 6) is 0.129. The van der Waals surface area contributed by atoms with Crippen molar-refractivity contribution >= 4 is 28.1 Å². The van der Waals surface area contributed by atoms with Gasteiger partial charge in [0.2, 0.25) is 5.91 Å². The molecule has 1 saturated heterocycles. The van der Waals surface area contributed by atoms with E-state index in [-0.39, 0.29) is 11.9 Å². The van der Waals surface area contributed by atoms with E-state index in [2.05, 4.69) is 15.6 Å². The number of amides is 1. The summed E-state index contributed by atoms with van der Waals surface area (Å²) < 4.78 is 0. The van der Waals surface area contributed by atoms with Crippen LogP contribution in [0.2, 0.25) is 0 Å². The zero-order chi connectivity index (χ0) is 13.2. The molecule has 1 amide bonds. The molecule has 98 valence electrons. The number of hydrogen-bond acceptors (Lipinski definition) is 4. The van der Waals surface area contributed by atoms with Gasteiger partial charge in [0.05, 0.1) is 0 Å². The van der Waals surface area contributed by atoms with Crippen molar-refractivity contribution in [3.8, 4) is 0 Å². The van der Waals surface area contributed by atoms with Gasteiger partial charge in [0, 0.05) is 53.5 Å². The van der Waals surface area contributed by atoms with Crippen molar-refractivity contribution in [2.24, 2.45) is 0 Å². The standard InChI is InChI=1S/C14H16N4O/c15-12-2-3-13(10-5-6-16-8-11(10)12)18-9-1-4-14(19)17-7-9/h2-3,5-6,8-9,18H,1,4,7,15H2,(H,17,19). The van der Waals surface area contributed by atoms with Crippen molar-refractivity contribution in [2.75, 3.05) is 17.6 Å². The molecular formula is C14H16N4O. The number of hydrogen-bond donors (Lipinski definition) is 3. The molecule has 0 spiro atoms. The first-order valence-electron chi connectivity index (χ1n) is 6.39. The van der Waals surface area contributed by atoms with Crippen LogP contribution in [0.5, 0.6) is 0 Å². The van der Waals surface area contributed by atoms with Gasteiger partial charge in [-0.2, -0.15) is 0 Å². The summed E-state index contributed by atoms with van der Waals surface area (Å²) in [5.41, 5.74) is 7.71. The summed E-state index contributed by atoms with van der Waals surface area (Å²) in [7, 11) is 0. The molecule has 4 N–H and O–H groups in total. The molecule has 3 rings (SSSR count). The second kappa shape index (κ2) is 4.76. The monoisotopic (exact) mass is 256 g/mol. The Kier molecular flexibility index (Phi) is 2.95. The first kappa shape index (κ1) is 11.8. The summed E-state index contributed by atoms with van der Waals surface area (Å²) in [4.78, 5) is 15.3. The first-order chi connectivity index (χ1) is 9.24. The van der Waals surface area contributed by atoms with Crippen LogP contribution in [-0.2, 0) is 4.79 Å². The van der Waals surface area contributed by atoms with Crippen molar-refractivity contribution in [3.05, 3.63) is 30.6 Å². The number of nitrogen functional groups attached to an aromatic ring is 1. The summed E-state index contributed by atoms with van der Waals surface area (Å²) in [6.07, 6.45) is 4.96. The van der Waals surface area contributed by atoms with E-state index >= 15 is 0 Å². The van der Waals surface area contributed by atoms with Crippen LogP contribution in [-0.4, -0.2) is 23.5 Å². The van der Waals surface area contributed by atoms with Gasteiger partial charge in [0.15, 0.2) is 0 Å². The van der Waals surface area contributed by atoms with E-state index in [4.69, 9.17) is 5.73 Å². The van der Waals surface area contributed by atoms with E-state index in [0.29, 0.717) is 13.0 Å². The zero-order valence-electron chi connectivity index (χ0n) is 10.5. The van der Waals surface area contributed by atoms with Crippen molar-refractivity contribution in [1.82, 2.24) is 10.3 Å². The van der Waals surface area contributed by atoms with Gasteiger partial charge in [-0.1, -0.05) is 0 Å². The van der Waals surface area contributed by atoms with Gasteiger partial charge in [-0.05, 0) is 24.6 Å². The number of pyridine rings is 1. The third-order valence-corrected chi connectivity index (χ3v) is 3.48. The molecule has 0 aliphatic carbocycles. The van der Waals surface area contributed by atoms with Crippen LogP contribution in [0.1, 0.15) is 12.8 Å². The molecule has 1 aliphatic heterocycles. The van der Waals surface area contributed by atoms with Crippen molar-refractivity contribution in [2.45, 2.75) is 18.9 Å². The maximum absolute atomic E-state index is 11.2. The predicted octanol–water partition coefficient (Wildman–Crippen LogP) is 1.51. The fraction of sp³-hybridized carbons (Fsp3) is 0.286. The fourth-order valence-electron chi connectivity index (χ4n) is 2.41. The van der Waals surface area contributed by atoms with E-state index in [9.17, 15) is 4.79 Å². The molecule has 0 saturated carbocycles. The zero-order valence-corrected chi connectivity index (χ0v) is 10.5. The second-order valence-electron chi connectivity index (χ2n) is 4.81. The SMILES string of the molecule is Nc1ccc(NC2CCC(=O)NC2)c2ccncc12. The molecule has 5 heteroatoms. The van der Waals surface area contributed by atoms with E-state index < -0.39 is 0 Å². The maximum Gasteiger partial charge on any atom is 0.220 e. The molecule has 1 atom stereocenters. The lowest BCUT2D eigenvalue weighted by atomic mass is 10.0. The maximum atomic E-state index is 11.2. The normalized spacial score (nSPS) is 19.2. The molecule has 1 unspecified atom stereocenters. The molecule has 1 fully saturated rings. The number of benzene rings is 1. The van der Waals surface area contributed by atoms with Gasteiger partial charge < -0.3 is 16.4 Å². The highest BCUT2D eigenvalue weighted by Crippen LogP contribution is 2.28. The number of carbonyl (C=O) groups excluding carboxylic acids is 1. The molecular weight excluding hydrogens is 240 g/mol. The van der Waals surface area contributed by atoms with Crippen molar-refractivity contribution < 1.29 is 4.79 Å². The summed E-state index contributed by atoms with van der Waals surface area (Å²) >= 11 is 0. The van der Waals surface area contributed by atoms with Crippen LogP contribution in [0.3, 0.4) is 0 Å². The minimum absolute atomic E-state index is 0.129. The van der Waals surface area contributed by atoms with E-state index in [1.807, 2.05) is 18.2 Å². The number of aromatic nitrogens is 1. The van der Waals surface area contributed by atoms with Crippen LogP contribution in [0.15, 0.2) is 30.6 Å². The minimum Gasteiger partial charge on any atom is -0.398 e. The Balaban J connectivity index is 1.89. The predicted molar refractivity (Wildman–Crippen MR) is 75.8 cm³/mol. The molecule has 1 aromatic heterocycles. The van der Waals surface area contributed by atoms with E-state index in [0.717, 1.165) is 28.6 Å². The van der Waals surface area contributed by atoms with Crippen LogP contribution < -0.4 is 16.4 Å². The Hall–Kier alpha value is -2.30. The molecule has 2 heterocycles. The Labute approximate surface area is 111 Å². The van der Waals surface area contributed by atoms with Crippen molar-refractivity contribution in [1.29, 1.82) is 0 Å². The Morgan fingerprint density at radius 1 is 1.32 bits per heavy atom. The lowest BCUT2D eigenvalue weighted by Crippen LogP contribution is -2.41. The van der Waals surface area contributed by atoms with Crippen LogP contribution >= 0.6 is 0 Å². The average molecular weight is 256 g/mol. The number of nitrogens with two attached hydrogens (primary N) is 1. The summed E-state index contributed by atoms with van der Waals surface area (Å²) in [5, 5.41) is 8.36.